The van der Waals surface area contributed by atoms with Gasteiger partial charge in [-0.2, -0.15) is 0 Å². The number of aryl methyl sites for hydroxylation is 2. The number of hydrogen-bond acceptors (Lipinski definition) is 4. The van der Waals surface area contributed by atoms with Crippen molar-refractivity contribution in [1.29, 1.82) is 0 Å². The van der Waals surface area contributed by atoms with Crippen LogP contribution in [0.3, 0.4) is 0 Å². The Hall–Kier alpha value is -0.940. The highest BCUT2D eigenvalue weighted by Crippen LogP contribution is 2.40. The topological polar surface area (TPSA) is 53.4 Å². The van der Waals surface area contributed by atoms with E-state index in [9.17, 15) is 9.90 Å². The molecule has 3 heterocycles. The average Bonchev–Trinajstić information content (AvgIpc) is 2.85. The molecule has 5 heteroatoms. The molecule has 0 spiro atoms. The van der Waals surface area contributed by atoms with Gasteiger partial charge in [0, 0.05) is 18.7 Å². The molecule has 19 heavy (non-hydrogen) atoms. The Bertz CT molecular complexity index is 486. The summed E-state index contributed by atoms with van der Waals surface area (Å²) >= 11 is 1.50. The summed E-state index contributed by atoms with van der Waals surface area (Å²) in [5.41, 5.74) is 0.858. The standard InChI is InChI=1S/C14H20N2O2S/c1-8-13(19-9(2)15-8)14(18)16-11-3-4-12(16)6-10(5-11)7-17/h10-12,17H,3-7H2,1-2H3/t10?,11-,12+. The minimum absolute atomic E-state index is 0.159. The molecule has 1 N–H and O–H groups in total. The van der Waals surface area contributed by atoms with Crippen LogP contribution >= 0.6 is 11.3 Å². The fourth-order valence-electron chi connectivity index (χ4n) is 3.62. The van der Waals surface area contributed by atoms with Gasteiger partial charge in [0.2, 0.25) is 0 Å². The molecule has 0 aromatic carbocycles. The van der Waals surface area contributed by atoms with Crippen molar-refractivity contribution in [1.82, 2.24) is 9.88 Å². The first kappa shape index (κ1) is 13.1. The molecule has 0 radical (unpaired) electrons. The Labute approximate surface area is 117 Å². The van der Waals surface area contributed by atoms with Crippen LogP contribution in [0.4, 0.5) is 0 Å². The molecule has 4 nitrogen and oxygen atoms in total. The number of aliphatic hydroxyl groups excluding tert-OH is 1. The zero-order valence-corrected chi connectivity index (χ0v) is 12.2. The lowest BCUT2D eigenvalue weighted by Gasteiger charge is -2.38. The molecule has 1 unspecified atom stereocenters. The average molecular weight is 280 g/mol. The molecule has 0 aliphatic carbocycles. The third-order valence-corrected chi connectivity index (χ3v) is 5.48. The number of rotatable bonds is 2. The van der Waals surface area contributed by atoms with Crippen molar-refractivity contribution >= 4 is 17.2 Å². The highest BCUT2D eigenvalue weighted by molar-refractivity contribution is 7.13. The summed E-state index contributed by atoms with van der Waals surface area (Å²) in [6.07, 6.45) is 4.08. The Morgan fingerprint density at radius 2 is 2.00 bits per heavy atom. The van der Waals surface area contributed by atoms with Crippen molar-refractivity contribution in [3.8, 4) is 0 Å². The van der Waals surface area contributed by atoms with E-state index in [0.717, 1.165) is 41.3 Å². The van der Waals surface area contributed by atoms with E-state index in [-0.39, 0.29) is 12.5 Å². The molecule has 2 aliphatic rings. The number of piperidine rings is 1. The van der Waals surface area contributed by atoms with Crippen LogP contribution in [-0.4, -0.2) is 39.6 Å². The zero-order chi connectivity index (χ0) is 13.6. The number of hydrogen-bond donors (Lipinski definition) is 1. The van der Waals surface area contributed by atoms with Crippen LogP contribution in [0, 0.1) is 19.8 Å². The van der Waals surface area contributed by atoms with Crippen LogP contribution in [0.25, 0.3) is 0 Å². The van der Waals surface area contributed by atoms with Crippen molar-refractivity contribution in [2.24, 2.45) is 5.92 Å². The van der Waals surface area contributed by atoms with Crippen molar-refractivity contribution < 1.29 is 9.90 Å². The molecule has 1 aromatic rings. The monoisotopic (exact) mass is 280 g/mol. The lowest BCUT2D eigenvalue weighted by Crippen LogP contribution is -2.47. The van der Waals surface area contributed by atoms with E-state index in [1.54, 1.807) is 0 Å². The van der Waals surface area contributed by atoms with Crippen molar-refractivity contribution in [2.75, 3.05) is 6.61 Å². The van der Waals surface area contributed by atoms with Gasteiger partial charge in [0.1, 0.15) is 4.88 Å². The molecule has 3 rings (SSSR count). The molecule has 3 atom stereocenters. The summed E-state index contributed by atoms with van der Waals surface area (Å²) in [7, 11) is 0. The maximum atomic E-state index is 12.7. The van der Waals surface area contributed by atoms with Crippen molar-refractivity contribution in [3.63, 3.8) is 0 Å². The highest BCUT2D eigenvalue weighted by Gasteiger charge is 2.43. The summed E-state index contributed by atoms with van der Waals surface area (Å²) in [6, 6.07) is 0.649. The predicted molar refractivity (Wildman–Crippen MR) is 74.4 cm³/mol. The fourth-order valence-corrected chi connectivity index (χ4v) is 4.48. The number of aliphatic hydroxyl groups is 1. The third kappa shape index (κ3) is 2.19. The molecule has 104 valence electrons. The van der Waals surface area contributed by atoms with E-state index in [1.165, 1.54) is 11.3 Å². The number of aromatic nitrogens is 1. The number of amides is 1. The normalized spacial score (nSPS) is 29.8. The molecule has 1 aromatic heterocycles. The van der Waals surface area contributed by atoms with Gasteiger partial charge in [-0.3, -0.25) is 4.79 Å². The van der Waals surface area contributed by atoms with Crippen LogP contribution in [0.5, 0.6) is 0 Å². The first-order valence-electron chi connectivity index (χ1n) is 6.97. The van der Waals surface area contributed by atoms with Gasteiger partial charge in [-0.25, -0.2) is 4.98 Å². The summed E-state index contributed by atoms with van der Waals surface area (Å²) in [5.74, 6) is 0.540. The summed E-state index contributed by atoms with van der Waals surface area (Å²) < 4.78 is 0. The minimum Gasteiger partial charge on any atom is -0.396 e. The second-order valence-corrected chi connectivity index (χ2v) is 6.97. The largest absolute Gasteiger partial charge is 0.396 e. The summed E-state index contributed by atoms with van der Waals surface area (Å²) in [4.78, 5) is 20.0. The SMILES string of the molecule is Cc1nc(C)c(C(=O)N2[C@@H]3CC[C@H]2CC(CO)C3)s1. The molecular weight excluding hydrogens is 260 g/mol. The number of carbonyl (C=O) groups excluding carboxylic acids is 1. The van der Waals surface area contributed by atoms with E-state index < -0.39 is 0 Å². The maximum Gasteiger partial charge on any atom is 0.266 e. The van der Waals surface area contributed by atoms with Crippen LogP contribution < -0.4 is 0 Å². The number of carbonyl (C=O) groups is 1. The minimum atomic E-state index is 0.159. The Balaban J connectivity index is 1.84. The van der Waals surface area contributed by atoms with Gasteiger partial charge in [-0.05, 0) is 45.4 Å². The predicted octanol–water partition coefficient (Wildman–Crippen LogP) is 2.14. The van der Waals surface area contributed by atoms with E-state index in [1.807, 2.05) is 13.8 Å². The Morgan fingerprint density at radius 1 is 1.37 bits per heavy atom. The van der Waals surface area contributed by atoms with Gasteiger partial charge in [0.15, 0.2) is 0 Å². The summed E-state index contributed by atoms with van der Waals surface area (Å²) in [5, 5.41) is 10.3. The van der Waals surface area contributed by atoms with Crippen molar-refractivity contribution in [2.45, 2.75) is 51.6 Å². The number of thiazole rings is 1. The molecule has 2 bridgehead atoms. The highest BCUT2D eigenvalue weighted by atomic mass is 32.1. The summed E-state index contributed by atoms with van der Waals surface area (Å²) in [6.45, 7) is 4.12. The van der Waals surface area contributed by atoms with Gasteiger partial charge in [0.25, 0.3) is 5.91 Å². The van der Waals surface area contributed by atoms with Gasteiger partial charge in [-0.15, -0.1) is 11.3 Å². The second kappa shape index (κ2) is 4.87. The first-order valence-corrected chi connectivity index (χ1v) is 7.79. The van der Waals surface area contributed by atoms with Crippen LogP contribution in [0.1, 0.15) is 46.1 Å². The quantitative estimate of drug-likeness (QED) is 0.903. The lowest BCUT2D eigenvalue weighted by molar-refractivity contribution is 0.0457. The zero-order valence-electron chi connectivity index (χ0n) is 11.4. The molecule has 2 aliphatic heterocycles. The van der Waals surface area contributed by atoms with Crippen molar-refractivity contribution in [3.05, 3.63) is 15.6 Å². The van der Waals surface area contributed by atoms with E-state index in [2.05, 4.69) is 9.88 Å². The first-order chi connectivity index (χ1) is 9.10. The van der Waals surface area contributed by atoms with E-state index in [0.29, 0.717) is 18.0 Å². The molecular formula is C14H20N2O2S. The van der Waals surface area contributed by atoms with E-state index in [4.69, 9.17) is 0 Å². The molecule has 2 fully saturated rings. The van der Waals surface area contributed by atoms with Crippen LogP contribution in [-0.2, 0) is 0 Å². The fraction of sp³-hybridized carbons (Fsp3) is 0.714. The smallest absolute Gasteiger partial charge is 0.266 e. The van der Waals surface area contributed by atoms with E-state index >= 15 is 0 Å². The van der Waals surface area contributed by atoms with Gasteiger partial charge in [0.05, 0.1) is 10.7 Å². The second-order valence-electron chi connectivity index (χ2n) is 5.76. The molecule has 1 amide bonds. The molecule has 2 saturated heterocycles. The molecule has 0 saturated carbocycles. The van der Waals surface area contributed by atoms with Gasteiger partial charge in [-0.1, -0.05) is 0 Å². The van der Waals surface area contributed by atoms with Crippen LogP contribution in [0.2, 0.25) is 0 Å². The lowest BCUT2D eigenvalue weighted by atomic mass is 9.91. The third-order valence-electron chi connectivity index (χ3n) is 4.42. The maximum absolute atomic E-state index is 12.7. The van der Waals surface area contributed by atoms with Gasteiger partial charge < -0.3 is 10.0 Å². The Morgan fingerprint density at radius 3 is 2.47 bits per heavy atom. The Kier molecular flexibility index (Phi) is 3.35. The number of fused-ring (bicyclic) bond motifs is 2. The number of nitrogens with zero attached hydrogens (tertiary/aromatic N) is 2. The van der Waals surface area contributed by atoms with Gasteiger partial charge >= 0.3 is 0 Å². The van der Waals surface area contributed by atoms with Crippen LogP contribution in [0.15, 0.2) is 0 Å².